The van der Waals surface area contributed by atoms with Crippen molar-refractivity contribution in [1.29, 1.82) is 0 Å². The molecule has 1 N–H and O–H groups in total. The van der Waals surface area contributed by atoms with Crippen LogP contribution in [0.25, 0.3) is 11.4 Å². The fraction of sp³-hybridized carbons (Fsp3) is 0.429. The number of aliphatic hydroxyl groups excluding tert-OH is 1. The zero-order valence-electron chi connectivity index (χ0n) is 12.7. The van der Waals surface area contributed by atoms with E-state index >= 15 is 0 Å². The molecule has 0 aliphatic rings. The van der Waals surface area contributed by atoms with Crippen molar-refractivity contribution in [2.45, 2.75) is 25.9 Å². The Morgan fingerprint density at radius 2 is 2.00 bits per heavy atom. The summed E-state index contributed by atoms with van der Waals surface area (Å²) in [6.07, 6.45) is 0. The predicted molar refractivity (Wildman–Crippen MR) is 79.0 cm³/mol. The quantitative estimate of drug-likeness (QED) is 0.641. The number of hydrogen-bond acceptors (Lipinski definition) is 7. The van der Waals surface area contributed by atoms with Crippen LogP contribution in [0, 0.1) is 10.1 Å². The molecule has 22 heavy (non-hydrogen) atoms. The van der Waals surface area contributed by atoms with Gasteiger partial charge in [-0.3, -0.25) is 15.0 Å². The van der Waals surface area contributed by atoms with E-state index in [9.17, 15) is 15.2 Å². The van der Waals surface area contributed by atoms with E-state index in [2.05, 4.69) is 10.1 Å². The van der Waals surface area contributed by atoms with E-state index in [4.69, 9.17) is 4.52 Å². The Morgan fingerprint density at radius 1 is 1.36 bits per heavy atom. The van der Waals surface area contributed by atoms with Crippen molar-refractivity contribution in [2.24, 2.45) is 0 Å². The van der Waals surface area contributed by atoms with Crippen molar-refractivity contribution < 1.29 is 14.6 Å². The van der Waals surface area contributed by atoms with Crippen LogP contribution in [0.2, 0.25) is 0 Å². The van der Waals surface area contributed by atoms with E-state index in [-0.39, 0.29) is 12.3 Å². The number of hydrogen-bond donors (Lipinski definition) is 1. The molecule has 2 rings (SSSR count). The van der Waals surface area contributed by atoms with E-state index < -0.39 is 10.5 Å². The highest BCUT2D eigenvalue weighted by Crippen LogP contribution is 2.21. The third-order valence-electron chi connectivity index (χ3n) is 3.60. The fourth-order valence-corrected chi connectivity index (χ4v) is 1.71. The molecule has 8 heteroatoms. The standard InChI is InChI=1S/C14H18N4O4/c1-14(2,9-19)17(3)8-12-15-13(16-22-12)10-4-6-11(7-5-10)18(20)21/h4-7,19H,8-9H2,1-3H3. The maximum atomic E-state index is 10.6. The van der Waals surface area contributed by atoms with Crippen LogP contribution in [-0.4, -0.2) is 44.3 Å². The molecule has 0 aliphatic carbocycles. The number of nitro groups is 1. The van der Waals surface area contributed by atoms with Gasteiger partial charge in [0, 0.05) is 23.2 Å². The van der Waals surface area contributed by atoms with Crippen LogP contribution in [0.4, 0.5) is 5.69 Å². The molecule has 8 nitrogen and oxygen atoms in total. The maximum Gasteiger partial charge on any atom is 0.269 e. The second-order valence-electron chi connectivity index (χ2n) is 5.64. The zero-order valence-corrected chi connectivity index (χ0v) is 12.7. The topological polar surface area (TPSA) is 106 Å². The molecule has 1 aromatic heterocycles. The highest BCUT2D eigenvalue weighted by atomic mass is 16.6. The molecule has 0 bridgehead atoms. The summed E-state index contributed by atoms with van der Waals surface area (Å²) in [6, 6.07) is 5.95. The normalized spacial score (nSPS) is 11.9. The Kier molecular flexibility index (Phi) is 4.53. The summed E-state index contributed by atoms with van der Waals surface area (Å²) >= 11 is 0. The summed E-state index contributed by atoms with van der Waals surface area (Å²) in [5.41, 5.74) is 0.253. The molecule has 118 valence electrons. The first-order chi connectivity index (χ1) is 10.3. The monoisotopic (exact) mass is 306 g/mol. The Balaban J connectivity index is 2.13. The Morgan fingerprint density at radius 3 is 2.55 bits per heavy atom. The number of nitro benzene ring substituents is 1. The predicted octanol–water partition coefficient (Wildman–Crippen LogP) is 1.85. The van der Waals surface area contributed by atoms with Crippen molar-refractivity contribution in [3.05, 3.63) is 40.3 Å². The second-order valence-corrected chi connectivity index (χ2v) is 5.64. The third kappa shape index (κ3) is 3.46. The minimum Gasteiger partial charge on any atom is -0.394 e. The smallest absolute Gasteiger partial charge is 0.269 e. The van der Waals surface area contributed by atoms with Crippen LogP contribution in [-0.2, 0) is 6.54 Å². The number of non-ortho nitro benzene ring substituents is 1. The molecule has 0 aliphatic heterocycles. The first-order valence-electron chi connectivity index (χ1n) is 6.73. The summed E-state index contributed by atoms with van der Waals surface area (Å²) in [5, 5.41) is 23.8. The lowest BCUT2D eigenvalue weighted by Crippen LogP contribution is -2.43. The van der Waals surface area contributed by atoms with Gasteiger partial charge in [0.25, 0.3) is 5.69 Å². The highest BCUT2D eigenvalue weighted by Gasteiger charge is 2.24. The lowest BCUT2D eigenvalue weighted by Gasteiger charge is -2.32. The van der Waals surface area contributed by atoms with Gasteiger partial charge in [0.1, 0.15) is 0 Å². The molecule has 0 amide bonds. The summed E-state index contributed by atoms with van der Waals surface area (Å²) in [5.74, 6) is 0.789. The maximum absolute atomic E-state index is 10.6. The van der Waals surface area contributed by atoms with Gasteiger partial charge < -0.3 is 9.63 Å². The number of likely N-dealkylation sites (N-methyl/N-ethyl adjacent to an activating group) is 1. The van der Waals surface area contributed by atoms with Crippen molar-refractivity contribution in [1.82, 2.24) is 15.0 Å². The van der Waals surface area contributed by atoms with Gasteiger partial charge >= 0.3 is 0 Å². The van der Waals surface area contributed by atoms with Gasteiger partial charge in [-0.05, 0) is 33.0 Å². The first-order valence-corrected chi connectivity index (χ1v) is 6.73. The van der Waals surface area contributed by atoms with E-state index in [1.54, 1.807) is 12.1 Å². The fourth-order valence-electron chi connectivity index (χ4n) is 1.71. The van der Waals surface area contributed by atoms with Crippen LogP contribution in [0.5, 0.6) is 0 Å². The molecule has 0 fully saturated rings. The largest absolute Gasteiger partial charge is 0.394 e. The van der Waals surface area contributed by atoms with Gasteiger partial charge in [-0.15, -0.1) is 0 Å². The van der Waals surface area contributed by atoms with E-state index in [0.29, 0.717) is 23.8 Å². The van der Waals surface area contributed by atoms with Crippen LogP contribution >= 0.6 is 0 Å². The van der Waals surface area contributed by atoms with Crippen molar-refractivity contribution in [3.63, 3.8) is 0 Å². The number of benzene rings is 1. The molecule has 0 atom stereocenters. The summed E-state index contributed by atoms with van der Waals surface area (Å²) in [6.45, 7) is 4.21. The number of rotatable bonds is 6. The van der Waals surface area contributed by atoms with Crippen LogP contribution in [0.15, 0.2) is 28.8 Å². The second kappa shape index (κ2) is 6.20. The summed E-state index contributed by atoms with van der Waals surface area (Å²) in [7, 11) is 1.85. The summed E-state index contributed by atoms with van der Waals surface area (Å²) < 4.78 is 5.19. The van der Waals surface area contributed by atoms with Crippen LogP contribution < -0.4 is 0 Å². The first kappa shape index (κ1) is 16.1. The summed E-state index contributed by atoms with van der Waals surface area (Å²) in [4.78, 5) is 16.3. The van der Waals surface area contributed by atoms with E-state index in [0.717, 1.165) is 0 Å². The van der Waals surface area contributed by atoms with Gasteiger partial charge in [-0.2, -0.15) is 4.98 Å². The van der Waals surface area contributed by atoms with E-state index in [1.165, 1.54) is 12.1 Å². The molecule has 0 saturated heterocycles. The third-order valence-corrected chi connectivity index (χ3v) is 3.60. The zero-order chi connectivity index (χ0) is 16.3. The Bertz CT molecular complexity index is 651. The highest BCUT2D eigenvalue weighted by molar-refractivity contribution is 5.56. The molecule has 2 aromatic rings. The Labute approximate surface area is 127 Å². The number of nitrogens with zero attached hydrogens (tertiary/aromatic N) is 4. The molecule has 0 unspecified atom stereocenters. The Hall–Kier alpha value is -2.32. The molecular formula is C14H18N4O4. The minimum absolute atomic E-state index is 0.00679. The molecule has 0 spiro atoms. The van der Waals surface area contributed by atoms with Gasteiger partial charge in [0.05, 0.1) is 18.1 Å². The lowest BCUT2D eigenvalue weighted by molar-refractivity contribution is -0.384. The van der Waals surface area contributed by atoms with Gasteiger partial charge in [0.2, 0.25) is 11.7 Å². The molecule has 1 aromatic carbocycles. The van der Waals surface area contributed by atoms with Crippen molar-refractivity contribution >= 4 is 5.69 Å². The average molecular weight is 306 g/mol. The average Bonchev–Trinajstić information content (AvgIpc) is 2.95. The van der Waals surface area contributed by atoms with Gasteiger partial charge in [-0.25, -0.2) is 0 Å². The van der Waals surface area contributed by atoms with E-state index in [1.807, 2.05) is 25.8 Å². The van der Waals surface area contributed by atoms with Crippen molar-refractivity contribution in [3.8, 4) is 11.4 Å². The SMILES string of the molecule is CN(Cc1nc(-c2ccc([N+](=O)[O-])cc2)no1)C(C)(C)CO. The number of aliphatic hydroxyl groups is 1. The molecular weight excluding hydrogens is 288 g/mol. The van der Waals surface area contributed by atoms with Gasteiger partial charge in [-0.1, -0.05) is 5.16 Å². The van der Waals surface area contributed by atoms with Crippen molar-refractivity contribution in [2.75, 3.05) is 13.7 Å². The van der Waals surface area contributed by atoms with Crippen LogP contribution in [0.3, 0.4) is 0 Å². The number of aromatic nitrogens is 2. The van der Waals surface area contributed by atoms with Crippen LogP contribution in [0.1, 0.15) is 19.7 Å². The minimum atomic E-state index is -0.461. The lowest BCUT2D eigenvalue weighted by atomic mass is 10.1. The van der Waals surface area contributed by atoms with Gasteiger partial charge in [0.15, 0.2) is 0 Å². The molecule has 1 heterocycles. The molecule has 0 radical (unpaired) electrons. The molecule has 0 saturated carbocycles.